The fraction of sp³-hybridized carbons (Fsp3) is 0.500. The minimum Gasteiger partial charge on any atom is -0.489 e. The van der Waals surface area contributed by atoms with Crippen LogP contribution in [0.1, 0.15) is 13.3 Å². The fourth-order valence-electron chi connectivity index (χ4n) is 1.76. The number of hydrogen-bond acceptors (Lipinski definition) is 3. The Balaban J connectivity index is 2.30. The molecular weight excluding hydrogens is 299 g/mol. The van der Waals surface area contributed by atoms with Gasteiger partial charge in [-0.1, -0.05) is 0 Å². The highest BCUT2D eigenvalue weighted by Gasteiger charge is 2.07. The van der Waals surface area contributed by atoms with Crippen LogP contribution in [0.4, 0.5) is 4.39 Å². The van der Waals surface area contributed by atoms with E-state index in [-0.39, 0.29) is 17.8 Å². The fourth-order valence-corrected chi connectivity index (χ4v) is 1.76. The van der Waals surface area contributed by atoms with E-state index < -0.39 is 0 Å². The topological polar surface area (TPSA) is 66.0 Å². The molecule has 0 fully saturated rings. The van der Waals surface area contributed by atoms with E-state index in [4.69, 9.17) is 4.74 Å². The summed E-state index contributed by atoms with van der Waals surface area (Å²) in [5.41, 5.74) is 0. The van der Waals surface area contributed by atoms with Crippen molar-refractivity contribution in [1.29, 1.82) is 0 Å². The van der Waals surface area contributed by atoms with Crippen LogP contribution >= 0.6 is 0 Å². The molecule has 1 aromatic rings. The molecule has 0 bridgehead atoms. The molecular formula is C16H25FN4O2. The van der Waals surface area contributed by atoms with Gasteiger partial charge in [0.15, 0.2) is 5.96 Å². The van der Waals surface area contributed by atoms with Crippen LogP contribution in [0.2, 0.25) is 0 Å². The molecule has 0 aromatic heterocycles. The molecule has 0 radical (unpaired) electrons. The summed E-state index contributed by atoms with van der Waals surface area (Å²) in [4.78, 5) is 17.1. The van der Waals surface area contributed by atoms with Crippen molar-refractivity contribution in [3.8, 4) is 5.75 Å². The number of hydrogen-bond donors (Lipinski definition) is 2. The van der Waals surface area contributed by atoms with Gasteiger partial charge in [0.1, 0.15) is 17.7 Å². The zero-order chi connectivity index (χ0) is 17.2. The number of carbonyl (C=O) groups is 1. The highest BCUT2D eigenvalue weighted by atomic mass is 19.1. The molecule has 1 aromatic carbocycles. The van der Waals surface area contributed by atoms with Crippen molar-refractivity contribution in [1.82, 2.24) is 15.5 Å². The van der Waals surface area contributed by atoms with Crippen molar-refractivity contribution in [3.05, 3.63) is 30.1 Å². The molecule has 0 aliphatic heterocycles. The lowest BCUT2D eigenvalue weighted by atomic mass is 10.3. The lowest BCUT2D eigenvalue weighted by Crippen LogP contribution is -2.42. The molecule has 0 heterocycles. The van der Waals surface area contributed by atoms with Crippen LogP contribution in [0.5, 0.6) is 5.75 Å². The first kappa shape index (κ1) is 18.7. The van der Waals surface area contributed by atoms with Gasteiger partial charge in [-0.05, 0) is 31.2 Å². The maximum Gasteiger partial charge on any atom is 0.223 e. The molecule has 128 valence electrons. The van der Waals surface area contributed by atoms with Crippen molar-refractivity contribution in [2.45, 2.75) is 19.4 Å². The van der Waals surface area contributed by atoms with E-state index in [2.05, 4.69) is 15.6 Å². The summed E-state index contributed by atoms with van der Waals surface area (Å²) in [6.45, 7) is 2.93. The van der Waals surface area contributed by atoms with Crippen LogP contribution < -0.4 is 15.4 Å². The number of nitrogens with zero attached hydrogens (tertiary/aromatic N) is 2. The number of amides is 1. The molecule has 0 aliphatic rings. The van der Waals surface area contributed by atoms with E-state index in [9.17, 15) is 9.18 Å². The number of guanidine groups is 1. The summed E-state index contributed by atoms with van der Waals surface area (Å²) in [7, 11) is 5.11. The van der Waals surface area contributed by atoms with Crippen LogP contribution in [0.25, 0.3) is 0 Å². The number of benzene rings is 1. The monoisotopic (exact) mass is 324 g/mol. The standard InChI is InChI=1S/C16H25FN4O2/c1-12(23-14-7-5-13(17)6-8-14)11-20-16(18-2)19-10-9-15(22)21(3)4/h5-8,12H,9-11H2,1-4H3,(H2,18,19,20). The van der Waals surface area contributed by atoms with Gasteiger partial charge in [0, 0.05) is 34.1 Å². The lowest BCUT2D eigenvalue weighted by Gasteiger charge is -2.18. The highest BCUT2D eigenvalue weighted by molar-refractivity contribution is 5.81. The predicted octanol–water partition coefficient (Wildman–Crippen LogP) is 1.24. The van der Waals surface area contributed by atoms with Gasteiger partial charge in [0.05, 0.1) is 6.54 Å². The largest absolute Gasteiger partial charge is 0.489 e. The van der Waals surface area contributed by atoms with Gasteiger partial charge in [0.25, 0.3) is 0 Å². The van der Waals surface area contributed by atoms with E-state index in [0.717, 1.165) is 0 Å². The molecule has 1 atom stereocenters. The minimum atomic E-state index is -0.292. The van der Waals surface area contributed by atoms with Gasteiger partial charge in [-0.3, -0.25) is 9.79 Å². The Labute approximate surface area is 136 Å². The number of rotatable bonds is 7. The SMILES string of the molecule is CN=C(NCCC(=O)N(C)C)NCC(C)Oc1ccc(F)cc1. The zero-order valence-electron chi connectivity index (χ0n) is 14.1. The minimum absolute atomic E-state index is 0.0564. The first-order chi connectivity index (χ1) is 10.9. The van der Waals surface area contributed by atoms with Gasteiger partial charge < -0.3 is 20.3 Å². The van der Waals surface area contributed by atoms with Crippen molar-refractivity contribution in [3.63, 3.8) is 0 Å². The molecule has 0 saturated heterocycles. The lowest BCUT2D eigenvalue weighted by molar-refractivity contribution is -0.128. The number of carbonyl (C=O) groups excluding carboxylic acids is 1. The van der Waals surface area contributed by atoms with Crippen molar-refractivity contribution >= 4 is 11.9 Å². The van der Waals surface area contributed by atoms with Crippen molar-refractivity contribution in [2.75, 3.05) is 34.2 Å². The van der Waals surface area contributed by atoms with Crippen LogP contribution in [0, 0.1) is 5.82 Å². The molecule has 23 heavy (non-hydrogen) atoms. The van der Waals surface area contributed by atoms with Crippen LogP contribution in [0.15, 0.2) is 29.3 Å². The first-order valence-electron chi connectivity index (χ1n) is 7.49. The highest BCUT2D eigenvalue weighted by Crippen LogP contribution is 2.12. The summed E-state index contributed by atoms with van der Waals surface area (Å²) >= 11 is 0. The average Bonchev–Trinajstić information content (AvgIpc) is 2.52. The second-order valence-corrected chi connectivity index (χ2v) is 5.30. The maximum absolute atomic E-state index is 12.8. The Hall–Kier alpha value is -2.31. The summed E-state index contributed by atoms with van der Waals surface area (Å²) in [6, 6.07) is 5.90. The van der Waals surface area contributed by atoms with E-state index in [1.54, 1.807) is 38.2 Å². The van der Waals surface area contributed by atoms with Crippen molar-refractivity contribution < 1.29 is 13.9 Å². The normalized spacial score (nSPS) is 12.5. The summed E-state index contributed by atoms with van der Waals surface area (Å²) < 4.78 is 18.5. The Kier molecular flexibility index (Phi) is 7.87. The van der Waals surface area contributed by atoms with E-state index in [0.29, 0.717) is 31.2 Å². The quantitative estimate of drug-likeness (QED) is 0.585. The number of ether oxygens (including phenoxy) is 1. The van der Waals surface area contributed by atoms with Crippen LogP contribution in [0.3, 0.4) is 0 Å². The average molecular weight is 324 g/mol. The molecule has 2 N–H and O–H groups in total. The van der Waals surface area contributed by atoms with Gasteiger partial charge in [-0.25, -0.2) is 4.39 Å². The molecule has 1 amide bonds. The molecule has 0 spiro atoms. The zero-order valence-corrected chi connectivity index (χ0v) is 14.1. The van der Waals surface area contributed by atoms with Gasteiger partial charge in [-0.2, -0.15) is 0 Å². The third-order valence-electron chi connectivity index (χ3n) is 3.06. The number of nitrogens with one attached hydrogen (secondary N) is 2. The van der Waals surface area contributed by atoms with Crippen LogP contribution in [-0.2, 0) is 4.79 Å². The summed E-state index contributed by atoms with van der Waals surface area (Å²) in [5.74, 6) is 0.979. The molecule has 7 heteroatoms. The Bertz CT molecular complexity index is 517. The third kappa shape index (κ3) is 7.49. The molecule has 0 aliphatic carbocycles. The Morgan fingerprint density at radius 2 is 1.96 bits per heavy atom. The van der Waals surface area contributed by atoms with E-state index in [1.807, 2.05) is 6.92 Å². The van der Waals surface area contributed by atoms with E-state index in [1.165, 1.54) is 12.1 Å². The third-order valence-corrected chi connectivity index (χ3v) is 3.06. The summed E-state index contributed by atoms with van der Waals surface area (Å²) in [6.07, 6.45) is 0.275. The number of halogens is 1. The van der Waals surface area contributed by atoms with Crippen molar-refractivity contribution in [2.24, 2.45) is 4.99 Å². The van der Waals surface area contributed by atoms with Crippen LogP contribution in [-0.4, -0.2) is 57.1 Å². The second kappa shape index (κ2) is 9.66. The number of aliphatic imine (C=N–C) groups is 1. The Morgan fingerprint density at radius 3 is 2.52 bits per heavy atom. The first-order valence-corrected chi connectivity index (χ1v) is 7.49. The van der Waals surface area contributed by atoms with Gasteiger partial charge >= 0.3 is 0 Å². The van der Waals surface area contributed by atoms with E-state index >= 15 is 0 Å². The molecule has 0 saturated carbocycles. The van der Waals surface area contributed by atoms with Gasteiger partial charge in [0.2, 0.25) is 5.91 Å². The Morgan fingerprint density at radius 1 is 1.30 bits per heavy atom. The second-order valence-electron chi connectivity index (χ2n) is 5.30. The molecule has 6 nitrogen and oxygen atoms in total. The summed E-state index contributed by atoms with van der Waals surface area (Å²) in [5, 5.41) is 6.19. The smallest absolute Gasteiger partial charge is 0.223 e. The predicted molar refractivity (Wildman–Crippen MR) is 89.2 cm³/mol. The van der Waals surface area contributed by atoms with Gasteiger partial charge in [-0.15, -0.1) is 0 Å². The maximum atomic E-state index is 12.8. The molecule has 1 unspecified atom stereocenters. The molecule has 1 rings (SSSR count).